The van der Waals surface area contributed by atoms with Gasteiger partial charge in [-0.2, -0.15) is 0 Å². The topological polar surface area (TPSA) is 66.4 Å². The monoisotopic (exact) mass is 311 g/mol. The quantitative estimate of drug-likeness (QED) is 0.843. The van der Waals surface area contributed by atoms with Gasteiger partial charge in [-0.25, -0.2) is 0 Å². The summed E-state index contributed by atoms with van der Waals surface area (Å²) in [4.78, 5) is 24.7. The molecule has 0 heterocycles. The van der Waals surface area contributed by atoms with Crippen molar-refractivity contribution in [3.8, 4) is 0 Å². The molecule has 0 unspecified atom stereocenters. The molecular formula is C19H21NO3. The Balaban J connectivity index is 1.64. The second-order valence-corrected chi connectivity index (χ2v) is 7.37. The van der Waals surface area contributed by atoms with Crippen molar-refractivity contribution in [2.24, 2.45) is 29.1 Å². The summed E-state index contributed by atoms with van der Waals surface area (Å²) < 4.78 is 0. The number of carboxylic acid groups (broad SMARTS) is 1. The van der Waals surface area contributed by atoms with E-state index in [9.17, 15) is 14.7 Å². The first-order valence-corrected chi connectivity index (χ1v) is 8.23. The predicted octanol–water partition coefficient (Wildman–Crippen LogP) is 3.15. The molecule has 3 aliphatic carbocycles. The smallest absolute Gasteiger partial charge is 0.307 e. The molecule has 0 radical (unpaired) electrons. The fourth-order valence-corrected chi connectivity index (χ4v) is 4.78. The van der Waals surface area contributed by atoms with Crippen LogP contribution in [0.1, 0.15) is 24.0 Å². The summed E-state index contributed by atoms with van der Waals surface area (Å²) in [7, 11) is 0. The van der Waals surface area contributed by atoms with Crippen LogP contribution in [0.2, 0.25) is 0 Å². The third-order valence-electron chi connectivity index (χ3n) is 6.08. The van der Waals surface area contributed by atoms with Gasteiger partial charge in [0, 0.05) is 5.69 Å². The maximum atomic E-state index is 12.9. The average molecular weight is 311 g/mol. The molecule has 1 spiro atoms. The summed E-state index contributed by atoms with van der Waals surface area (Å²) in [6.45, 7) is 3.93. The minimum atomic E-state index is -0.839. The van der Waals surface area contributed by atoms with Crippen LogP contribution in [0.5, 0.6) is 0 Å². The van der Waals surface area contributed by atoms with Crippen molar-refractivity contribution in [1.29, 1.82) is 0 Å². The number of carbonyl (C=O) groups is 2. The molecule has 4 atom stereocenters. The van der Waals surface area contributed by atoms with Crippen LogP contribution in [0.3, 0.4) is 0 Å². The summed E-state index contributed by atoms with van der Waals surface area (Å²) in [6, 6.07) is 5.92. The standard InChI is InChI=1S/C19H21NO3/c1-10-3-4-11(2)14(9-10)20-17(21)15-12-5-6-13(16(15)18(22)23)19(12)7-8-19/h3-6,9,12-13,15-16H,7-8H2,1-2H3,(H,20,21)(H,22,23)/t12-,13-,15+,16-/m1/s1. The number of anilines is 1. The lowest BCUT2D eigenvalue weighted by Gasteiger charge is -2.24. The number of nitrogens with one attached hydrogen (secondary N) is 1. The van der Waals surface area contributed by atoms with Gasteiger partial charge in [0.1, 0.15) is 0 Å². The van der Waals surface area contributed by atoms with Gasteiger partial charge in [0.05, 0.1) is 11.8 Å². The van der Waals surface area contributed by atoms with Gasteiger partial charge in [-0.3, -0.25) is 9.59 Å². The molecule has 3 aliphatic rings. The molecule has 23 heavy (non-hydrogen) atoms. The molecule has 1 aromatic carbocycles. The summed E-state index contributed by atoms with van der Waals surface area (Å²) >= 11 is 0. The van der Waals surface area contributed by atoms with E-state index in [1.807, 2.05) is 38.1 Å². The van der Waals surface area contributed by atoms with Gasteiger partial charge in [-0.05, 0) is 61.1 Å². The SMILES string of the molecule is Cc1ccc(C)c(NC(=O)[C@@H]2[C@H](C(=O)O)[C@H]3C=C[C@H]2C32CC2)c1. The fraction of sp³-hybridized carbons (Fsp3) is 0.474. The van der Waals surface area contributed by atoms with Crippen LogP contribution >= 0.6 is 0 Å². The second kappa shape index (κ2) is 4.70. The van der Waals surface area contributed by atoms with Crippen molar-refractivity contribution < 1.29 is 14.7 Å². The number of hydrogen-bond acceptors (Lipinski definition) is 2. The number of carboxylic acids is 1. The summed E-state index contributed by atoms with van der Waals surface area (Å²) in [6.07, 6.45) is 6.22. The van der Waals surface area contributed by atoms with E-state index in [2.05, 4.69) is 11.4 Å². The molecule has 1 amide bonds. The molecule has 2 bridgehead atoms. The van der Waals surface area contributed by atoms with Crippen LogP contribution in [-0.2, 0) is 9.59 Å². The number of hydrogen-bond donors (Lipinski definition) is 2. The maximum absolute atomic E-state index is 12.9. The molecule has 2 N–H and O–H groups in total. The molecule has 0 saturated heterocycles. The molecule has 2 saturated carbocycles. The first-order chi connectivity index (χ1) is 10.9. The van der Waals surface area contributed by atoms with Crippen LogP contribution in [0, 0.1) is 42.9 Å². The maximum Gasteiger partial charge on any atom is 0.307 e. The molecular weight excluding hydrogens is 290 g/mol. The lowest BCUT2D eigenvalue weighted by Crippen LogP contribution is -2.36. The van der Waals surface area contributed by atoms with Crippen molar-refractivity contribution in [1.82, 2.24) is 0 Å². The molecule has 4 rings (SSSR count). The lowest BCUT2D eigenvalue weighted by molar-refractivity contribution is -0.146. The van der Waals surface area contributed by atoms with Crippen LogP contribution < -0.4 is 5.32 Å². The minimum Gasteiger partial charge on any atom is -0.481 e. The Kier molecular flexibility index (Phi) is 2.96. The van der Waals surface area contributed by atoms with Crippen molar-refractivity contribution in [2.75, 3.05) is 5.32 Å². The van der Waals surface area contributed by atoms with Gasteiger partial charge in [0.15, 0.2) is 0 Å². The zero-order chi connectivity index (χ0) is 16.4. The number of allylic oxidation sites excluding steroid dienone is 2. The highest BCUT2D eigenvalue weighted by Crippen LogP contribution is 2.72. The normalized spacial score (nSPS) is 32.3. The first-order valence-electron chi connectivity index (χ1n) is 8.23. The Hall–Kier alpha value is -2.10. The largest absolute Gasteiger partial charge is 0.481 e. The second-order valence-electron chi connectivity index (χ2n) is 7.37. The van der Waals surface area contributed by atoms with E-state index in [0.29, 0.717) is 0 Å². The summed E-state index contributed by atoms with van der Waals surface area (Å²) in [5.41, 5.74) is 2.92. The molecule has 0 aliphatic heterocycles. The lowest BCUT2D eigenvalue weighted by atomic mass is 9.82. The van der Waals surface area contributed by atoms with Gasteiger partial charge in [0.25, 0.3) is 0 Å². The van der Waals surface area contributed by atoms with Gasteiger partial charge < -0.3 is 10.4 Å². The van der Waals surface area contributed by atoms with Crippen molar-refractivity contribution in [3.05, 3.63) is 41.5 Å². The van der Waals surface area contributed by atoms with E-state index in [-0.39, 0.29) is 23.2 Å². The number of rotatable bonds is 3. The third-order valence-corrected chi connectivity index (χ3v) is 6.08. The van der Waals surface area contributed by atoms with Crippen LogP contribution in [0.25, 0.3) is 0 Å². The Bertz CT molecular complexity index is 732. The molecule has 120 valence electrons. The van der Waals surface area contributed by atoms with Crippen molar-refractivity contribution in [2.45, 2.75) is 26.7 Å². The van der Waals surface area contributed by atoms with E-state index < -0.39 is 17.8 Å². The third kappa shape index (κ3) is 1.97. The van der Waals surface area contributed by atoms with E-state index in [1.54, 1.807) is 0 Å². The number of aliphatic carboxylic acids is 1. The van der Waals surface area contributed by atoms with E-state index in [1.165, 1.54) is 0 Å². The highest BCUT2D eigenvalue weighted by Gasteiger charge is 2.70. The zero-order valence-corrected chi connectivity index (χ0v) is 13.4. The molecule has 4 heteroatoms. The average Bonchev–Trinajstić information content (AvgIpc) is 3.16. The van der Waals surface area contributed by atoms with E-state index >= 15 is 0 Å². The first kappa shape index (κ1) is 14.5. The Morgan fingerprint density at radius 2 is 1.78 bits per heavy atom. The number of benzene rings is 1. The highest BCUT2D eigenvalue weighted by atomic mass is 16.4. The van der Waals surface area contributed by atoms with Gasteiger partial charge in [-0.1, -0.05) is 24.3 Å². The van der Waals surface area contributed by atoms with Crippen LogP contribution in [0.15, 0.2) is 30.4 Å². The Morgan fingerprint density at radius 3 is 2.39 bits per heavy atom. The number of aryl methyl sites for hydroxylation is 2. The molecule has 1 aromatic rings. The van der Waals surface area contributed by atoms with Crippen molar-refractivity contribution in [3.63, 3.8) is 0 Å². The van der Waals surface area contributed by atoms with E-state index in [4.69, 9.17) is 0 Å². The Labute approximate surface area is 135 Å². The molecule has 4 nitrogen and oxygen atoms in total. The van der Waals surface area contributed by atoms with E-state index in [0.717, 1.165) is 29.7 Å². The summed E-state index contributed by atoms with van der Waals surface area (Å²) in [5, 5.41) is 12.7. The zero-order valence-electron chi connectivity index (χ0n) is 13.4. The molecule has 2 fully saturated rings. The summed E-state index contributed by atoms with van der Waals surface area (Å²) in [5.74, 6) is -1.91. The van der Waals surface area contributed by atoms with Crippen LogP contribution in [0.4, 0.5) is 5.69 Å². The predicted molar refractivity (Wildman–Crippen MR) is 86.9 cm³/mol. The van der Waals surface area contributed by atoms with Crippen molar-refractivity contribution >= 4 is 17.6 Å². The van der Waals surface area contributed by atoms with Crippen LogP contribution in [-0.4, -0.2) is 17.0 Å². The minimum absolute atomic E-state index is 0.0272. The van der Waals surface area contributed by atoms with Gasteiger partial charge >= 0.3 is 5.97 Å². The fourth-order valence-electron chi connectivity index (χ4n) is 4.78. The Morgan fingerprint density at radius 1 is 1.13 bits per heavy atom. The number of carbonyl (C=O) groups excluding carboxylic acids is 1. The van der Waals surface area contributed by atoms with Gasteiger partial charge in [-0.15, -0.1) is 0 Å². The van der Waals surface area contributed by atoms with Gasteiger partial charge in [0.2, 0.25) is 5.91 Å². The number of amides is 1. The molecule has 0 aromatic heterocycles. The highest BCUT2D eigenvalue weighted by molar-refractivity contribution is 5.97.